The highest BCUT2D eigenvalue weighted by molar-refractivity contribution is 7.10. The monoisotopic (exact) mass is 265 g/mol. The lowest BCUT2D eigenvalue weighted by molar-refractivity contribution is 0.393. The molecular formula is C14H19NO2S. The summed E-state index contributed by atoms with van der Waals surface area (Å²) >= 11 is 1.69. The SMILES string of the molecule is CCCNC(c1ccc(C)o1)c1sccc1OC. The van der Waals surface area contributed by atoms with Gasteiger partial charge in [-0.2, -0.15) is 0 Å². The Bertz CT molecular complexity index is 489. The van der Waals surface area contributed by atoms with Crippen molar-refractivity contribution in [2.24, 2.45) is 0 Å². The van der Waals surface area contributed by atoms with Gasteiger partial charge in [-0.25, -0.2) is 0 Å². The van der Waals surface area contributed by atoms with Crippen molar-refractivity contribution < 1.29 is 9.15 Å². The lowest BCUT2D eigenvalue weighted by atomic mass is 10.1. The van der Waals surface area contributed by atoms with Crippen LogP contribution in [0.25, 0.3) is 0 Å². The van der Waals surface area contributed by atoms with Gasteiger partial charge in [-0.15, -0.1) is 11.3 Å². The van der Waals surface area contributed by atoms with Crippen LogP contribution in [-0.4, -0.2) is 13.7 Å². The van der Waals surface area contributed by atoms with E-state index < -0.39 is 0 Å². The van der Waals surface area contributed by atoms with Gasteiger partial charge in [0.15, 0.2) is 0 Å². The van der Waals surface area contributed by atoms with E-state index in [1.807, 2.05) is 30.5 Å². The first kappa shape index (κ1) is 13.2. The molecule has 2 aromatic rings. The normalized spacial score (nSPS) is 12.6. The molecule has 0 aromatic carbocycles. The Labute approximate surface area is 112 Å². The molecule has 0 bridgehead atoms. The van der Waals surface area contributed by atoms with Crippen molar-refractivity contribution in [3.63, 3.8) is 0 Å². The van der Waals surface area contributed by atoms with Gasteiger partial charge in [-0.1, -0.05) is 6.92 Å². The van der Waals surface area contributed by atoms with E-state index in [4.69, 9.17) is 9.15 Å². The summed E-state index contributed by atoms with van der Waals surface area (Å²) in [5.74, 6) is 2.80. The molecule has 0 aliphatic heterocycles. The van der Waals surface area contributed by atoms with Crippen molar-refractivity contribution in [1.29, 1.82) is 0 Å². The van der Waals surface area contributed by atoms with Crippen molar-refractivity contribution in [3.8, 4) is 5.75 Å². The quantitative estimate of drug-likeness (QED) is 0.864. The van der Waals surface area contributed by atoms with Crippen LogP contribution < -0.4 is 10.1 Å². The first-order chi connectivity index (χ1) is 8.76. The molecule has 18 heavy (non-hydrogen) atoms. The lowest BCUT2D eigenvalue weighted by Gasteiger charge is -2.16. The fraction of sp³-hybridized carbons (Fsp3) is 0.429. The molecule has 0 saturated heterocycles. The summed E-state index contributed by atoms with van der Waals surface area (Å²) in [6.07, 6.45) is 1.09. The van der Waals surface area contributed by atoms with Crippen LogP contribution in [0.15, 0.2) is 28.0 Å². The van der Waals surface area contributed by atoms with E-state index >= 15 is 0 Å². The highest BCUT2D eigenvalue weighted by Gasteiger charge is 2.21. The molecule has 0 fully saturated rings. The molecule has 1 atom stereocenters. The van der Waals surface area contributed by atoms with Crippen LogP contribution in [0.3, 0.4) is 0 Å². The summed E-state index contributed by atoms with van der Waals surface area (Å²) in [4.78, 5) is 1.17. The van der Waals surface area contributed by atoms with Gasteiger partial charge >= 0.3 is 0 Å². The molecule has 1 N–H and O–H groups in total. The zero-order valence-corrected chi connectivity index (χ0v) is 11.8. The molecule has 0 radical (unpaired) electrons. The van der Waals surface area contributed by atoms with Crippen LogP contribution >= 0.6 is 11.3 Å². The summed E-state index contributed by atoms with van der Waals surface area (Å²) < 4.78 is 11.2. The van der Waals surface area contributed by atoms with Gasteiger partial charge in [-0.3, -0.25) is 0 Å². The topological polar surface area (TPSA) is 34.4 Å². The van der Waals surface area contributed by atoms with E-state index in [-0.39, 0.29) is 6.04 Å². The van der Waals surface area contributed by atoms with Crippen LogP contribution in [0, 0.1) is 6.92 Å². The number of methoxy groups -OCH3 is 1. The van der Waals surface area contributed by atoms with E-state index in [0.717, 1.165) is 30.2 Å². The summed E-state index contributed by atoms with van der Waals surface area (Å²) in [5.41, 5.74) is 0. The molecule has 98 valence electrons. The van der Waals surface area contributed by atoms with Crippen LogP contribution in [0.4, 0.5) is 0 Å². The van der Waals surface area contributed by atoms with Crippen molar-refractivity contribution >= 4 is 11.3 Å². The second-order valence-electron chi connectivity index (χ2n) is 4.19. The first-order valence-electron chi connectivity index (χ1n) is 6.17. The number of rotatable bonds is 6. The molecule has 0 aliphatic carbocycles. The third kappa shape index (κ3) is 2.76. The van der Waals surface area contributed by atoms with Crippen LogP contribution in [0.1, 0.15) is 35.8 Å². The number of hydrogen-bond donors (Lipinski definition) is 1. The summed E-state index contributed by atoms with van der Waals surface area (Å²) in [6.45, 7) is 5.07. The van der Waals surface area contributed by atoms with Gasteiger partial charge in [0, 0.05) is 0 Å². The smallest absolute Gasteiger partial charge is 0.134 e. The number of ether oxygens (including phenoxy) is 1. The van der Waals surface area contributed by atoms with Gasteiger partial charge in [0.2, 0.25) is 0 Å². The molecule has 0 aliphatic rings. The highest BCUT2D eigenvalue weighted by Crippen LogP contribution is 2.35. The molecular weight excluding hydrogens is 246 g/mol. The fourth-order valence-electron chi connectivity index (χ4n) is 1.91. The number of thiophene rings is 1. The minimum absolute atomic E-state index is 0.0774. The van der Waals surface area contributed by atoms with Gasteiger partial charge in [0.25, 0.3) is 0 Å². The number of hydrogen-bond acceptors (Lipinski definition) is 4. The average molecular weight is 265 g/mol. The molecule has 0 amide bonds. The average Bonchev–Trinajstić information content (AvgIpc) is 2.99. The first-order valence-corrected chi connectivity index (χ1v) is 7.05. The van der Waals surface area contributed by atoms with Gasteiger partial charge in [0.1, 0.15) is 23.3 Å². The Morgan fingerprint density at radius 1 is 1.39 bits per heavy atom. The molecule has 4 heteroatoms. The molecule has 0 spiro atoms. The van der Waals surface area contributed by atoms with Gasteiger partial charge in [0.05, 0.1) is 12.0 Å². The predicted molar refractivity (Wildman–Crippen MR) is 74.5 cm³/mol. The van der Waals surface area contributed by atoms with E-state index in [9.17, 15) is 0 Å². The number of nitrogens with one attached hydrogen (secondary N) is 1. The van der Waals surface area contributed by atoms with E-state index in [0.29, 0.717) is 0 Å². The number of furan rings is 1. The molecule has 2 aromatic heterocycles. The Kier molecular flexibility index (Phi) is 4.44. The molecule has 0 saturated carbocycles. The molecule has 1 unspecified atom stereocenters. The predicted octanol–water partition coefficient (Wildman–Crippen LogP) is 3.75. The van der Waals surface area contributed by atoms with Crippen molar-refractivity contribution in [1.82, 2.24) is 5.32 Å². The Morgan fingerprint density at radius 2 is 2.22 bits per heavy atom. The van der Waals surface area contributed by atoms with Crippen LogP contribution in [0.5, 0.6) is 5.75 Å². The lowest BCUT2D eigenvalue weighted by Crippen LogP contribution is -2.22. The summed E-state index contributed by atoms with van der Waals surface area (Å²) in [7, 11) is 1.70. The Morgan fingerprint density at radius 3 is 2.83 bits per heavy atom. The van der Waals surface area contributed by atoms with Crippen molar-refractivity contribution in [2.75, 3.05) is 13.7 Å². The van der Waals surface area contributed by atoms with Crippen LogP contribution in [-0.2, 0) is 0 Å². The van der Waals surface area contributed by atoms with Gasteiger partial charge in [-0.05, 0) is 43.5 Å². The molecule has 2 heterocycles. The van der Waals surface area contributed by atoms with E-state index in [1.54, 1.807) is 18.4 Å². The zero-order chi connectivity index (χ0) is 13.0. The third-order valence-corrected chi connectivity index (χ3v) is 3.75. The number of aryl methyl sites for hydroxylation is 1. The van der Waals surface area contributed by atoms with Crippen molar-refractivity contribution in [2.45, 2.75) is 26.3 Å². The second-order valence-corrected chi connectivity index (χ2v) is 5.14. The molecule has 3 nitrogen and oxygen atoms in total. The Balaban J connectivity index is 2.30. The van der Waals surface area contributed by atoms with Crippen molar-refractivity contribution in [3.05, 3.63) is 40.0 Å². The maximum Gasteiger partial charge on any atom is 0.134 e. The van der Waals surface area contributed by atoms with Crippen LogP contribution in [0.2, 0.25) is 0 Å². The maximum absolute atomic E-state index is 5.75. The maximum atomic E-state index is 5.75. The Hall–Kier alpha value is -1.26. The molecule has 2 rings (SSSR count). The van der Waals surface area contributed by atoms with Gasteiger partial charge < -0.3 is 14.5 Å². The summed E-state index contributed by atoms with van der Waals surface area (Å²) in [6, 6.07) is 6.10. The third-order valence-electron chi connectivity index (χ3n) is 2.78. The van der Waals surface area contributed by atoms with E-state index in [2.05, 4.69) is 12.2 Å². The second kappa shape index (κ2) is 6.07. The minimum atomic E-state index is 0.0774. The highest BCUT2D eigenvalue weighted by atomic mass is 32.1. The zero-order valence-electron chi connectivity index (χ0n) is 11.0. The largest absolute Gasteiger partial charge is 0.496 e. The standard InChI is InChI=1S/C14H19NO2S/c1-4-8-15-13(11-6-5-10(2)17-11)14-12(16-3)7-9-18-14/h5-7,9,13,15H,4,8H2,1-3H3. The van der Waals surface area contributed by atoms with E-state index in [1.165, 1.54) is 4.88 Å². The fourth-order valence-corrected chi connectivity index (χ4v) is 2.85. The minimum Gasteiger partial charge on any atom is -0.496 e. The summed E-state index contributed by atoms with van der Waals surface area (Å²) in [5, 5.41) is 5.56.